The van der Waals surface area contributed by atoms with Gasteiger partial charge in [-0.15, -0.1) is 0 Å². The molecular formula is C16H27NO5Si. The van der Waals surface area contributed by atoms with E-state index in [1.54, 1.807) is 6.07 Å². The van der Waals surface area contributed by atoms with Crippen LogP contribution in [-0.4, -0.2) is 36.2 Å². The second kappa shape index (κ2) is 7.52. The van der Waals surface area contributed by atoms with Crippen molar-refractivity contribution in [2.24, 2.45) is 0 Å². The minimum atomic E-state index is -1.94. The molecule has 0 spiro atoms. The number of aliphatic hydroxyl groups excluding tert-OH is 2. The molecule has 0 amide bonds. The van der Waals surface area contributed by atoms with Crippen molar-refractivity contribution in [3.8, 4) is 0 Å². The molecule has 6 nitrogen and oxygen atoms in total. The molecule has 0 radical (unpaired) electrons. The molecule has 130 valence electrons. The maximum absolute atomic E-state index is 10.9. The quantitative estimate of drug-likeness (QED) is 0.452. The summed E-state index contributed by atoms with van der Waals surface area (Å²) in [5, 5.41) is 29.7. The lowest BCUT2D eigenvalue weighted by molar-refractivity contribution is -0.384. The highest BCUT2D eigenvalue weighted by Gasteiger charge is 2.37. The van der Waals surface area contributed by atoms with Gasteiger partial charge in [0.15, 0.2) is 8.32 Å². The molecule has 7 heteroatoms. The van der Waals surface area contributed by atoms with Gasteiger partial charge in [0.25, 0.3) is 5.69 Å². The molecule has 1 aromatic carbocycles. The first kappa shape index (κ1) is 19.8. The van der Waals surface area contributed by atoms with E-state index in [1.165, 1.54) is 12.1 Å². The number of non-ortho nitro benzene ring substituents is 1. The van der Waals surface area contributed by atoms with Crippen molar-refractivity contribution in [1.82, 2.24) is 0 Å². The topological polar surface area (TPSA) is 92.8 Å². The van der Waals surface area contributed by atoms with Gasteiger partial charge >= 0.3 is 0 Å². The van der Waals surface area contributed by atoms with Crippen LogP contribution >= 0.6 is 0 Å². The maximum Gasteiger partial charge on any atom is 0.269 e. The van der Waals surface area contributed by atoms with Crippen molar-refractivity contribution in [3.05, 3.63) is 39.4 Å². The van der Waals surface area contributed by atoms with Gasteiger partial charge in [-0.05, 0) is 35.3 Å². The van der Waals surface area contributed by atoms with Crippen LogP contribution < -0.4 is 0 Å². The predicted octanol–water partition coefficient (Wildman–Crippen LogP) is 3.01. The Bertz CT molecular complexity index is 554. The Hall–Kier alpha value is -1.28. The highest BCUT2D eigenvalue weighted by molar-refractivity contribution is 6.74. The van der Waals surface area contributed by atoms with Crippen LogP contribution in [0.1, 0.15) is 31.9 Å². The fraction of sp³-hybridized carbons (Fsp3) is 0.625. The van der Waals surface area contributed by atoms with Crippen molar-refractivity contribution >= 4 is 14.0 Å². The van der Waals surface area contributed by atoms with Crippen molar-refractivity contribution < 1.29 is 19.6 Å². The Labute approximate surface area is 138 Å². The SMILES string of the molecule is CC(C)(C)[Si](C)(C)OCc1ccc([N+](=O)[O-])cc1CC(O)CO. The molecule has 1 rings (SSSR count). The van der Waals surface area contributed by atoms with E-state index in [9.17, 15) is 15.2 Å². The van der Waals surface area contributed by atoms with Gasteiger partial charge in [0.2, 0.25) is 0 Å². The third-order valence-electron chi connectivity index (χ3n) is 4.46. The molecule has 0 heterocycles. The van der Waals surface area contributed by atoms with Gasteiger partial charge in [0.05, 0.1) is 24.2 Å². The first-order chi connectivity index (χ1) is 10.5. The third-order valence-corrected chi connectivity index (χ3v) is 8.94. The average Bonchev–Trinajstić information content (AvgIpc) is 2.44. The fourth-order valence-electron chi connectivity index (χ4n) is 1.85. The van der Waals surface area contributed by atoms with Crippen LogP contribution in [0.5, 0.6) is 0 Å². The van der Waals surface area contributed by atoms with Crippen LogP contribution in [0.2, 0.25) is 18.1 Å². The molecule has 0 saturated heterocycles. The first-order valence-electron chi connectivity index (χ1n) is 7.67. The number of nitrogens with zero attached hydrogens (tertiary/aromatic N) is 1. The zero-order valence-corrected chi connectivity index (χ0v) is 15.5. The molecule has 0 aromatic heterocycles. The summed E-state index contributed by atoms with van der Waals surface area (Å²) in [6, 6.07) is 4.56. The van der Waals surface area contributed by atoms with Gasteiger partial charge in [-0.1, -0.05) is 20.8 Å². The lowest BCUT2D eigenvalue weighted by atomic mass is 10.0. The zero-order chi connectivity index (χ0) is 17.8. The molecule has 1 aromatic rings. The highest BCUT2D eigenvalue weighted by Crippen LogP contribution is 2.37. The van der Waals surface area contributed by atoms with E-state index in [2.05, 4.69) is 33.9 Å². The Kier molecular flexibility index (Phi) is 6.47. The molecule has 0 aliphatic carbocycles. The number of nitro groups is 1. The first-order valence-corrected chi connectivity index (χ1v) is 10.6. The van der Waals surface area contributed by atoms with E-state index >= 15 is 0 Å². The summed E-state index contributed by atoms with van der Waals surface area (Å²) in [5.41, 5.74) is 1.42. The van der Waals surface area contributed by atoms with E-state index in [4.69, 9.17) is 9.53 Å². The maximum atomic E-state index is 10.9. The van der Waals surface area contributed by atoms with Crippen LogP contribution in [0.4, 0.5) is 5.69 Å². The average molecular weight is 341 g/mol. The number of nitro benzene ring substituents is 1. The standard InChI is InChI=1S/C16H27NO5Si/c1-16(2,3)23(4,5)22-11-12-6-7-14(17(20)21)8-13(12)9-15(19)10-18/h6-8,15,18-19H,9-11H2,1-5H3. The summed E-state index contributed by atoms with van der Waals surface area (Å²) in [5.74, 6) is 0. The van der Waals surface area contributed by atoms with Gasteiger partial charge in [-0.2, -0.15) is 0 Å². The second-order valence-corrected chi connectivity index (χ2v) is 12.1. The fourth-order valence-corrected chi connectivity index (χ4v) is 2.80. The molecule has 0 saturated carbocycles. The van der Waals surface area contributed by atoms with Crippen molar-refractivity contribution in [1.29, 1.82) is 0 Å². The number of hydrogen-bond donors (Lipinski definition) is 2. The van der Waals surface area contributed by atoms with E-state index in [0.717, 1.165) is 5.56 Å². The van der Waals surface area contributed by atoms with Gasteiger partial charge in [-0.3, -0.25) is 10.1 Å². The van der Waals surface area contributed by atoms with Gasteiger partial charge in [0.1, 0.15) is 0 Å². The smallest absolute Gasteiger partial charge is 0.269 e. The monoisotopic (exact) mass is 341 g/mol. The predicted molar refractivity (Wildman–Crippen MR) is 91.9 cm³/mol. The molecule has 0 aliphatic heterocycles. The minimum absolute atomic E-state index is 0.0267. The van der Waals surface area contributed by atoms with Crippen LogP contribution in [-0.2, 0) is 17.5 Å². The molecule has 1 unspecified atom stereocenters. The van der Waals surface area contributed by atoms with Gasteiger partial charge in [-0.25, -0.2) is 0 Å². The van der Waals surface area contributed by atoms with E-state index < -0.39 is 19.3 Å². The Morgan fingerprint density at radius 1 is 1.30 bits per heavy atom. The second-order valence-electron chi connectivity index (χ2n) is 7.30. The lowest BCUT2D eigenvalue weighted by Crippen LogP contribution is -2.40. The summed E-state index contributed by atoms with van der Waals surface area (Å²) in [4.78, 5) is 10.5. The van der Waals surface area contributed by atoms with Crippen molar-refractivity contribution in [2.45, 2.75) is 58.0 Å². The molecule has 0 bridgehead atoms. The summed E-state index contributed by atoms with van der Waals surface area (Å²) < 4.78 is 6.16. The van der Waals surface area contributed by atoms with E-state index in [0.29, 0.717) is 12.2 Å². The van der Waals surface area contributed by atoms with E-state index in [-0.39, 0.29) is 23.8 Å². The normalized spacial score (nSPS) is 13.9. The van der Waals surface area contributed by atoms with Crippen LogP contribution in [0.25, 0.3) is 0 Å². The zero-order valence-electron chi connectivity index (χ0n) is 14.5. The Balaban J connectivity index is 3.03. The molecule has 1 atom stereocenters. The summed E-state index contributed by atoms with van der Waals surface area (Å²) in [6.07, 6.45) is -0.780. The number of hydrogen-bond acceptors (Lipinski definition) is 5. The third kappa shape index (κ3) is 5.38. The molecular weight excluding hydrogens is 314 g/mol. The van der Waals surface area contributed by atoms with E-state index in [1.807, 2.05) is 0 Å². The van der Waals surface area contributed by atoms with Crippen LogP contribution in [0, 0.1) is 10.1 Å². The largest absolute Gasteiger partial charge is 0.413 e. The van der Waals surface area contributed by atoms with Gasteiger partial charge < -0.3 is 14.6 Å². The molecule has 23 heavy (non-hydrogen) atoms. The van der Waals surface area contributed by atoms with Crippen molar-refractivity contribution in [2.75, 3.05) is 6.61 Å². The summed E-state index contributed by atoms with van der Waals surface area (Å²) in [6.45, 7) is 10.7. The number of benzene rings is 1. The Morgan fingerprint density at radius 2 is 1.91 bits per heavy atom. The molecule has 0 aliphatic rings. The number of aliphatic hydroxyl groups is 2. The van der Waals surface area contributed by atoms with Crippen LogP contribution in [0.3, 0.4) is 0 Å². The molecule has 2 N–H and O–H groups in total. The van der Waals surface area contributed by atoms with Crippen LogP contribution in [0.15, 0.2) is 18.2 Å². The van der Waals surface area contributed by atoms with Gasteiger partial charge in [0, 0.05) is 18.6 Å². The summed E-state index contributed by atoms with van der Waals surface area (Å²) in [7, 11) is -1.94. The summed E-state index contributed by atoms with van der Waals surface area (Å²) >= 11 is 0. The minimum Gasteiger partial charge on any atom is -0.413 e. The van der Waals surface area contributed by atoms with Crippen molar-refractivity contribution in [3.63, 3.8) is 0 Å². The Morgan fingerprint density at radius 3 is 2.39 bits per heavy atom. The lowest BCUT2D eigenvalue weighted by Gasteiger charge is -2.36. The highest BCUT2D eigenvalue weighted by atomic mass is 28.4. The number of rotatable bonds is 7. The molecule has 0 fully saturated rings.